The summed E-state index contributed by atoms with van der Waals surface area (Å²) in [6.45, 7) is 0. The van der Waals surface area contributed by atoms with Crippen LogP contribution < -0.4 is 16.2 Å². The Labute approximate surface area is 106 Å². The van der Waals surface area contributed by atoms with E-state index in [1.165, 1.54) is 7.05 Å². The van der Waals surface area contributed by atoms with E-state index in [1.807, 2.05) is 0 Å². The van der Waals surface area contributed by atoms with Gasteiger partial charge in [-0.05, 0) is 18.2 Å². The quantitative estimate of drug-likeness (QED) is 0.691. The maximum Gasteiger partial charge on any atom is 0.333 e. The molecule has 0 saturated heterocycles. The average molecular weight is 307 g/mol. The highest BCUT2D eigenvalue weighted by molar-refractivity contribution is 9.10. The number of benzene rings is 1. The molecule has 0 aromatic heterocycles. The van der Waals surface area contributed by atoms with Crippen molar-refractivity contribution in [1.29, 1.82) is 0 Å². The maximum atomic E-state index is 11.5. The van der Waals surface area contributed by atoms with Gasteiger partial charge >= 0.3 is 6.03 Å². The van der Waals surface area contributed by atoms with Crippen LogP contribution in [0.1, 0.15) is 10.4 Å². The third kappa shape index (κ3) is 3.39. The van der Waals surface area contributed by atoms with Gasteiger partial charge in [0, 0.05) is 11.5 Å². The molecule has 3 amide bonds. The summed E-state index contributed by atoms with van der Waals surface area (Å²) in [4.78, 5) is 22.4. The normalized spacial score (nSPS) is 9.44. The Morgan fingerprint density at radius 2 is 2.00 bits per heavy atom. The highest BCUT2D eigenvalue weighted by atomic mass is 79.9. The first kappa shape index (κ1) is 12.8. The monoisotopic (exact) mass is 305 g/mol. The fourth-order valence-corrected chi connectivity index (χ4v) is 1.68. The molecular weight excluding hydrogens is 297 g/mol. The highest BCUT2D eigenvalue weighted by Crippen LogP contribution is 2.20. The fraction of sp³-hybridized carbons (Fsp3) is 0.111. The Bertz CT molecular complexity index is 425. The zero-order valence-corrected chi connectivity index (χ0v) is 10.6. The summed E-state index contributed by atoms with van der Waals surface area (Å²) >= 11 is 9.08. The van der Waals surface area contributed by atoms with E-state index in [0.29, 0.717) is 5.02 Å². The van der Waals surface area contributed by atoms with Gasteiger partial charge in [-0.3, -0.25) is 10.2 Å². The van der Waals surface area contributed by atoms with E-state index >= 15 is 0 Å². The summed E-state index contributed by atoms with van der Waals surface area (Å²) in [5, 5.41) is 2.59. The first-order valence-electron chi connectivity index (χ1n) is 4.27. The zero-order valence-electron chi connectivity index (χ0n) is 8.30. The molecule has 0 unspecified atom stereocenters. The molecule has 1 aromatic carbocycles. The number of carbonyl (C=O) groups is 2. The fourth-order valence-electron chi connectivity index (χ4n) is 0.917. The van der Waals surface area contributed by atoms with Crippen molar-refractivity contribution in [2.75, 3.05) is 7.05 Å². The average Bonchev–Trinajstić information content (AvgIpc) is 2.25. The van der Waals surface area contributed by atoms with Gasteiger partial charge < -0.3 is 5.32 Å². The summed E-state index contributed by atoms with van der Waals surface area (Å²) in [6, 6.07) is 4.31. The van der Waals surface area contributed by atoms with Gasteiger partial charge in [-0.2, -0.15) is 0 Å². The molecule has 5 nitrogen and oxygen atoms in total. The van der Waals surface area contributed by atoms with E-state index in [1.54, 1.807) is 18.2 Å². The third-order valence-electron chi connectivity index (χ3n) is 1.69. The second kappa shape index (κ2) is 5.72. The van der Waals surface area contributed by atoms with Crippen molar-refractivity contribution in [2.24, 2.45) is 0 Å². The Hall–Kier alpha value is -1.27. The molecule has 7 heteroatoms. The minimum atomic E-state index is -0.512. The lowest BCUT2D eigenvalue weighted by molar-refractivity contribution is 0.0936. The Kier molecular flexibility index (Phi) is 4.57. The molecule has 16 heavy (non-hydrogen) atoms. The molecule has 0 fully saturated rings. The van der Waals surface area contributed by atoms with E-state index in [9.17, 15) is 9.59 Å². The van der Waals surface area contributed by atoms with E-state index in [2.05, 4.69) is 32.1 Å². The predicted molar refractivity (Wildman–Crippen MR) is 64.2 cm³/mol. The van der Waals surface area contributed by atoms with Crippen LogP contribution in [0.5, 0.6) is 0 Å². The molecule has 0 radical (unpaired) electrons. The van der Waals surface area contributed by atoms with Crippen LogP contribution in [0, 0.1) is 0 Å². The minimum absolute atomic E-state index is 0.279. The number of hydrazine groups is 1. The molecule has 0 aliphatic heterocycles. The lowest BCUT2D eigenvalue weighted by Gasteiger charge is -2.07. The minimum Gasteiger partial charge on any atom is -0.340 e. The van der Waals surface area contributed by atoms with Crippen LogP contribution in [0.25, 0.3) is 0 Å². The molecule has 0 atom stereocenters. The zero-order chi connectivity index (χ0) is 12.1. The van der Waals surface area contributed by atoms with Crippen molar-refractivity contribution in [2.45, 2.75) is 0 Å². The first-order valence-corrected chi connectivity index (χ1v) is 5.45. The molecular formula is C9H9BrClN3O2. The number of rotatable bonds is 1. The number of nitrogens with one attached hydrogen (secondary N) is 3. The van der Waals surface area contributed by atoms with Gasteiger partial charge in [0.2, 0.25) is 0 Å². The van der Waals surface area contributed by atoms with Crippen LogP contribution in [-0.4, -0.2) is 19.0 Å². The molecule has 0 aliphatic carbocycles. The molecule has 0 bridgehead atoms. The molecule has 0 saturated carbocycles. The van der Waals surface area contributed by atoms with Crippen molar-refractivity contribution >= 4 is 39.5 Å². The molecule has 1 aromatic rings. The molecule has 3 N–H and O–H groups in total. The van der Waals surface area contributed by atoms with Crippen molar-refractivity contribution in [3.63, 3.8) is 0 Å². The van der Waals surface area contributed by atoms with Crippen molar-refractivity contribution < 1.29 is 9.59 Å². The van der Waals surface area contributed by atoms with Crippen LogP contribution in [-0.2, 0) is 0 Å². The number of amides is 3. The Morgan fingerprint density at radius 3 is 2.56 bits per heavy atom. The van der Waals surface area contributed by atoms with Crippen LogP contribution in [0.4, 0.5) is 4.79 Å². The molecule has 1 rings (SSSR count). The van der Waals surface area contributed by atoms with Crippen LogP contribution in [0.3, 0.4) is 0 Å². The van der Waals surface area contributed by atoms with Gasteiger partial charge in [-0.1, -0.05) is 27.5 Å². The largest absolute Gasteiger partial charge is 0.340 e. The maximum absolute atomic E-state index is 11.5. The number of urea groups is 1. The lowest BCUT2D eigenvalue weighted by atomic mass is 10.2. The van der Waals surface area contributed by atoms with Gasteiger partial charge in [0.1, 0.15) is 0 Å². The highest BCUT2D eigenvalue weighted by Gasteiger charge is 2.10. The van der Waals surface area contributed by atoms with Crippen molar-refractivity contribution in [1.82, 2.24) is 16.2 Å². The third-order valence-corrected chi connectivity index (χ3v) is 2.50. The van der Waals surface area contributed by atoms with Crippen LogP contribution in [0.15, 0.2) is 22.7 Å². The molecule has 0 spiro atoms. The summed E-state index contributed by atoms with van der Waals surface area (Å²) in [5.74, 6) is -0.485. The second-order valence-electron chi connectivity index (χ2n) is 2.78. The molecule has 86 valence electrons. The van der Waals surface area contributed by atoms with E-state index in [-0.39, 0.29) is 5.56 Å². The SMILES string of the molecule is CNC(=O)NNC(=O)c1ccc(Br)cc1Cl. The topological polar surface area (TPSA) is 70.2 Å². The van der Waals surface area contributed by atoms with Crippen LogP contribution >= 0.6 is 27.5 Å². The summed E-state index contributed by atoms with van der Waals surface area (Å²) in [6.07, 6.45) is 0. The summed E-state index contributed by atoms with van der Waals surface area (Å²) < 4.78 is 0.772. The van der Waals surface area contributed by atoms with Gasteiger partial charge in [0.25, 0.3) is 5.91 Å². The van der Waals surface area contributed by atoms with E-state index in [4.69, 9.17) is 11.6 Å². The Morgan fingerprint density at radius 1 is 1.31 bits per heavy atom. The second-order valence-corrected chi connectivity index (χ2v) is 4.11. The van der Waals surface area contributed by atoms with Crippen LogP contribution in [0.2, 0.25) is 5.02 Å². The standard InChI is InChI=1S/C9H9BrClN3O2/c1-12-9(16)14-13-8(15)6-3-2-5(10)4-7(6)11/h2-4H,1H3,(H,13,15)(H2,12,14,16). The number of carbonyl (C=O) groups excluding carboxylic acids is 2. The Balaban J connectivity index is 2.70. The van der Waals surface area contributed by atoms with E-state index in [0.717, 1.165) is 4.47 Å². The summed E-state index contributed by atoms with van der Waals surface area (Å²) in [7, 11) is 1.44. The van der Waals surface area contributed by atoms with Crippen molar-refractivity contribution in [3.8, 4) is 0 Å². The number of hydrogen-bond donors (Lipinski definition) is 3. The van der Waals surface area contributed by atoms with Gasteiger partial charge in [0.15, 0.2) is 0 Å². The first-order chi connectivity index (χ1) is 7.54. The predicted octanol–water partition coefficient (Wildman–Crippen LogP) is 1.68. The molecule has 0 aliphatic rings. The van der Waals surface area contributed by atoms with Gasteiger partial charge in [-0.15, -0.1) is 0 Å². The van der Waals surface area contributed by atoms with Crippen molar-refractivity contribution in [3.05, 3.63) is 33.3 Å². The smallest absolute Gasteiger partial charge is 0.333 e. The summed E-state index contributed by atoms with van der Waals surface area (Å²) in [5.41, 5.74) is 4.64. The van der Waals surface area contributed by atoms with Gasteiger partial charge in [-0.25, -0.2) is 10.2 Å². The molecule has 0 heterocycles. The number of halogens is 2. The lowest BCUT2D eigenvalue weighted by Crippen LogP contribution is -2.45. The van der Waals surface area contributed by atoms with Gasteiger partial charge in [0.05, 0.1) is 10.6 Å². The van der Waals surface area contributed by atoms with E-state index < -0.39 is 11.9 Å². The number of hydrogen-bond acceptors (Lipinski definition) is 2.